The minimum atomic E-state index is -1.96. The number of ether oxygens (including phenoxy) is 5. The molecule has 3 rings (SSSR count). The van der Waals surface area contributed by atoms with E-state index in [1.165, 1.54) is 0 Å². The van der Waals surface area contributed by atoms with Crippen molar-refractivity contribution < 1.29 is 32.9 Å². The Labute approximate surface area is 327 Å². The van der Waals surface area contributed by atoms with Gasteiger partial charge in [0.25, 0.3) is 0 Å². The van der Waals surface area contributed by atoms with Gasteiger partial charge in [-0.25, -0.2) is 0 Å². The van der Waals surface area contributed by atoms with Crippen molar-refractivity contribution in [2.45, 2.75) is 136 Å². The second-order valence-corrected chi connectivity index (χ2v) is 20.8. The zero-order valence-electron chi connectivity index (χ0n) is 34.8. The Morgan fingerprint density at radius 3 is 1.85 bits per heavy atom. The Bertz CT molecular complexity index is 1510. The first-order valence-electron chi connectivity index (χ1n) is 19.7. The Balaban J connectivity index is 1.79. The first-order chi connectivity index (χ1) is 25.7. The number of allylic oxidation sites excluding steroid dienone is 1. The second kappa shape index (κ2) is 22.9. The highest BCUT2D eigenvalue weighted by molar-refractivity contribution is 6.74. The van der Waals surface area contributed by atoms with E-state index in [0.717, 1.165) is 65.9 Å². The maximum Gasteiger partial charge on any atom is 0.192 e. The molecule has 0 aromatic heterocycles. The third kappa shape index (κ3) is 15.8. The van der Waals surface area contributed by atoms with Crippen LogP contribution in [0, 0.1) is 5.92 Å². The maximum atomic E-state index is 14.1. The van der Waals surface area contributed by atoms with Crippen molar-refractivity contribution in [3.8, 4) is 11.5 Å². The average molecular weight is 761 g/mol. The molecule has 7 nitrogen and oxygen atoms in total. The van der Waals surface area contributed by atoms with Crippen LogP contribution in [0.5, 0.6) is 11.5 Å². The summed E-state index contributed by atoms with van der Waals surface area (Å²) in [6, 6.07) is 26.0. The van der Waals surface area contributed by atoms with Gasteiger partial charge in [0, 0.05) is 25.0 Å². The molecule has 298 valence electrons. The number of carbonyl (C=O) groups excluding carboxylic acids is 1. The van der Waals surface area contributed by atoms with Crippen LogP contribution in [-0.4, -0.2) is 53.2 Å². The van der Waals surface area contributed by atoms with Crippen LogP contribution in [-0.2, 0) is 43.3 Å². The molecule has 0 spiro atoms. The number of ketones is 1. The number of carbonyl (C=O) groups is 1. The maximum absolute atomic E-state index is 14.1. The Morgan fingerprint density at radius 1 is 0.759 bits per heavy atom. The molecule has 0 saturated carbocycles. The number of benzene rings is 3. The molecule has 0 aliphatic rings. The fraction of sp³-hybridized carbons (Fsp3) is 0.543. The smallest absolute Gasteiger partial charge is 0.192 e. The molecule has 0 N–H and O–H groups in total. The molecule has 0 bridgehead atoms. The van der Waals surface area contributed by atoms with Crippen LogP contribution in [0.4, 0.5) is 0 Å². The molecule has 0 unspecified atom stereocenters. The van der Waals surface area contributed by atoms with E-state index in [1.807, 2.05) is 79.7 Å². The summed E-state index contributed by atoms with van der Waals surface area (Å²) >= 11 is 0. The number of hydrogen-bond donors (Lipinski definition) is 0. The minimum Gasteiger partial charge on any atom is -0.497 e. The van der Waals surface area contributed by atoms with Crippen molar-refractivity contribution in [1.29, 1.82) is 0 Å². The summed E-state index contributed by atoms with van der Waals surface area (Å²) in [4.78, 5) is 14.1. The lowest BCUT2D eigenvalue weighted by Gasteiger charge is -2.39. The van der Waals surface area contributed by atoms with E-state index >= 15 is 0 Å². The Kier molecular flexibility index (Phi) is 19.2. The van der Waals surface area contributed by atoms with Gasteiger partial charge in [-0.1, -0.05) is 101 Å². The molecule has 0 aliphatic carbocycles. The lowest BCUT2D eigenvalue weighted by Crippen LogP contribution is -2.44. The molecule has 4 atom stereocenters. The molecule has 0 amide bonds. The summed E-state index contributed by atoms with van der Waals surface area (Å²) in [7, 11) is 1.37. The molecule has 0 heterocycles. The van der Waals surface area contributed by atoms with Gasteiger partial charge in [-0.15, -0.1) is 0 Å². The van der Waals surface area contributed by atoms with Gasteiger partial charge in [0.2, 0.25) is 0 Å². The lowest BCUT2D eigenvalue weighted by molar-refractivity contribution is -0.125. The molecular weight excluding hydrogens is 693 g/mol. The van der Waals surface area contributed by atoms with Crippen molar-refractivity contribution in [2.24, 2.45) is 5.92 Å². The predicted molar refractivity (Wildman–Crippen MR) is 223 cm³/mol. The standard InChI is InChI=1S/C46H68O7Si/c1-11-16-43(53-54(9,10)46(4,5)6)29-35(2)30-44(47)36(3)45(52-34-39-22-26-41(49-8)27-23-39)31-42(51-33-38-20-24-40(48-7)25-21-38)19-15-28-50-32-37-17-13-12-14-18-37/h12-14,17-18,20-27,30,36,42-43,45H,11,15-16,19,28-29,31-34H2,1-10H3/b35-30+/t36-,42-,43-,45+/m1/s1. The van der Waals surface area contributed by atoms with E-state index in [2.05, 4.69) is 59.8 Å². The summed E-state index contributed by atoms with van der Waals surface area (Å²) < 4.78 is 36.8. The van der Waals surface area contributed by atoms with Gasteiger partial charge in [-0.05, 0) is 97.8 Å². The number of hydrogen-bond acceptors (Lipinski definition) is 7. The van der Waals surface area contributed by atoms with Gasteiger partial charge in [0.05, 0.1) is 46.2 Å². The molecule has 0 radical (unpaired) electrons. The Hall–Kier alpha value is -3.27. The van der Waals surface area contributed by atoms with Crippen LogP contribution in [0.1, 0.15) is 96.8 Å². The summed E-state index contributed by atoms with van der Waals surface area (Å²) in [5.41, 5.74) is 4.27. The Morgan fingerprint density at radius 2 is 1.31 bits per heavy atom. The summed E-state index contributed by atoms with van der Waals surface area (Å²) in [6.07, 6.45) is 6.31. The van der Waals surface area contributed by atoms with Crippen LogP contribution < -0.4 is 9.47 Å². The van der Waals surface area contributed by atoms with Gasteiger partial charge in [0.15, 0.2) is 14.1 Å². The minimum absolute atomic E-state index is 0.0647. The largest absolute Gasteiger partial charge is 0.497 e. The molecule has 0 saturated heterocycles. The fourth-order valence-corrected chi connectivity index (χ4v) is 7.46. The van der Waals surface area contributed by atoms with Gasteiger partial charge >= 0.3 is 0 Å². The molecule has 3 aromatic carbocycles. The van der Waals surface area contributed by atoms with Crippen molar-refractivity contribution >= 4 is 14.1 Å². The third-order valence-corrected chi connectivity index (χ3v) is 15.0. The first-order valence-corrected chi connectivity index (χ1v) is 22.6. The summed E-state index contributed by atoms with van der Waals surface area (Å²) in [6.45, 7) is 19.7. The topological polar surface area (TPSA) is 72.5 Å². The van der Waals surface area contributed by atoms with Crippen molar-refractivity contribution in [2.75, 3.05) is 20.8 Å². The van der Waals surface area contributed by atoms with Crippen LogP contribution in [0.2, 0.25) is 18.1 Å². The van der Waals surface area contributed by atoms with Gasteiger partial charge in [0.1, 0.15) is 11.5 Å². The van der Waals surface area contributed by atoms with Gasteiger partial charge < -0.3 is 28.1 Å². The average Bonchev–Trinajstić information content (AvgIpc) is 3.15. The predicted octanol–water partition coefficient (Wildman–Crippen LogP) is 11.3. The van der Waals surface area contributed by atoms with E-state index in [9.17, 15) is 4.79 Å². The van der Waals surface area contributed by atoms with Crippen molar-refractivity contribution in [1.82, 2.24) is 0 Å². The molecule has 54 heavy (non-hydrogen) atoms. The normalized spacial score (nSPS) is 14.7. The van der Waals surface area contributed by atoms with Gasteiger partial charge in [-0.3, -0.25) is 4.79 Å². The lowest BCUT2D eigenvalue weighted by atomic mass is 9.91. The van der Waals surface area contributed by atoms with Crippen LogP contribution >= 0.6 is 0 Å². The second-order valence-electron chi connectivity index (χ2n) is 16.1. The third-order valence-electron chi connectivity index (χ3n) is 10.5. The summed E-state index contributed by atoms with van der Waals surface area (Å²) in [5.74, 6) is 1.28. The summed E-state index contributed by atoms with van der Waals surface area (Å²) in [5, 5.41) is 0.120. The first kappa shape index (κ1) is 45.1. The fourth-order valence-electron chi connectivity index (χ4n) is 6.08. The monoisotopic (exact) mass is 760 g/mol. The van der Waals surface area contributed by atoms with Crippen LogP contribution in [0.25, 0.3) is 0 Å². The molecular formula is C46H68O7Si. The molecule has 3 aromatic rings. The zero-order valence-corrected chi connectivity index (χ0v) is 35.8. The van der Waals surface area contributed by atoms with E-state index < -0.39 is 8.32 Å². The zero-order chi connectivity index (χ0) is 39.6. The van der Waals surface area contributed by atoms with E-state index in [1.54, 1.807) is 14.2 Å². The van der Waals surface area contributed by atoms with Crippen molar-refractivity contribution in [3.05, 3.63) is 107 Å². The SMILES string of the molecule is CCC[C@H](C/C(C)=C/C(=O)[C@@H](C)[C@H](C[C@@H](CCCOCc1ccccc1)OCc1ccc(OC)cc1)OCc1ccc(OC)cc1)O[Si](C)(C)C(C)(C)C. The van der Waals surface area contributed by atoms with Gasteiger partial charge in [-0.2, -0.15) is 0 Å². The molecule has 0 fully saturated rings. The molecule has 0 aliphatic heterocycles. The highest BCUT2D eigenvalue weighted by atomic mass is 28.4. The van der Waals surface area contributed by atoms with E-state index in [0.29, 0.717) is 32.8 Å². The number of rotatable bonds is 25. The van der Waals surface area contributed by atoms with E-state index in [4.69, 9.17) is 28.1 Å². The van der Waals surface area contributed by atoms with Crippen LogP contribution in [0.3, 0.4) is 0 Å². The molecule has 8 heteroatoms. The van der Waals surface area contributed by atoms with E-state index in [-0.39, 0.29) is 35.1 Å². The van der Waals surface area contributed by atoms with Crippen LogP contribution in [0.15, 0.2) is 90.5 Å². The highest BCUT2D eigenvalue weighted by Gasteiger charge is 2.39. The number of methoxy groups -OCH3 is 2. The quantitative estimate of drug-likeness (QED) is 0.0484. The van der Waals surface area contributed by atoms with Crippen molar-refractivity contribution in [3.63, 3.8) is 0 Å². The highest BCUT2D eigenvalue weighted by Crippen LogP contribution is 2.38.